The zero-order valence-corrected chi connectivity index (χ0v) is 14.1. The number of nitrogens with one attached hydrogen (secondary N) is 1. The van der Waals surface area contributed by atoms with Gasteiger partial charge in [0.25, 0.3) is 11.8 Å². The first-order valence-electron chi connectivity index (χ1n) is 8.53. The molecule has 2 amide bonds. The van der Waals surface area contributed by atoms with Crippen molar-refractivity contribution in [3.8, 4) is 5.69 Å². The minimum Gasteiger partial charge on any atom is -0.382 e. The average molecular weight is 346 g/mol. The number of carbonyl (C=O) groups excluding carboxylic acids is 2. The Morgan fingerprint density at radius 1 is 0.885 bits per heavy atom. The molecule has 2 heterocycles. The quantitative estimate of drug-likeness (QED) is 0.550. The maximum atomic E-state index is 12.3. The molecule has 1 N–H and O–H groups in total. The standard InChI is InChI=1S/C20H18N4O2/c25-19-17-9-4-5-10-18(17)20(26)23(19)12-6-11-21-15-13-22-24(14-15)16-7-2-1-3-8-16/h1-5,7-10,13-14,21H,6,11-12H2. The molecule has 0 atom stereocenters. The maximum absolute atomic E-state index is 12.3. The normalized spacial score (nSPS) is 13.2. The Morgan fingerprint density at radius 2 is 1.54 bits per heavy atom. The van der Waals surface area contributed by atoms with Crippen LogP contribution < -0.4 is 5.32 Å². The fourth-order valence-corrected chi connectivity index (χ4v) is 3.05. The first-order valence-corrected chi connectivity index (χ1v) is 8.53. The number of nitrogens with zero attached hydrogens (tertiary/aromatic N) is 3. The highest BCUT2D eigenvalue weighted by Gasteiger charge is 2.34. The first-order chi connectivity index (χ1) is 12.7. The van der Waals surface area contributed by atoms with Crippen LogP contribution in [0.25, 0.3) is 5.69 Å². The van der Waals surface area contributed by atoms with Gasteiger partial charge in [-0.3, -0.25) is 14.5 Å². The summed E-state index contributed by atoms with van der Waals surface area (Å²) < 4.78 is 1.80. The topological polar surface area (TPSA) is 67.2 Å². The van der Waals surface area contributed by atoms with E-state index in [4.69, 9.17) is 0 Å². The average Bonchev–Trinajstić information content (AvgIpc) is 3.25. The highest BCUT2D eigenvalue weighted by Crippen LogP contribution is 2.22. The van der Waals surface area contributed by atoms with Crippen LogP contribution in [-0.4, -0.2) is 39.6 Å². The Labute approximate surface area is 151 Å². The molecule has 1 aliphatic heterocycles. The molecule has 0 unspecified atom stereocenters. The summed E-state index contributed by atoms with van der Waals surface area (Å²) >= 11 is 0. The Hall–Kier alpha value is -3.41. The molecular formula is C20H18N4O2. The lowest BCUT2D eigenvalue weighted by atomic mass is 10.1. The van der Waals surface area contributed by atoms with Gasteiger partial charge in [-0.15, -0.1) is 0 Å². The van der Waals surface area contributed by atoms with Crippen molar-refractivity contribution in [3.63, 3.8) is 0 Å². The van der Waals surface area contributed by atoms with Gasteiger partial charge in [0.15, 0.2) is 0 Å². The van der Waals surface area contributed by atoms with Crippen molar-refractivity contribution in [1.82, 2.24) is 14.7 Å². The second-order valence-electron chi connectivity index (χ2n) is 6.10. The van der Waals surface area contributed by atoms with E-state index in [1.807, 2.05) is 36.5 Å². The van der Waals surface area contributed by atoms with Crippen LogP contribution in [-0.2, 0) is 0 Å². The highest BCUT2D eigenvalue weighted by molar-refractivity contribution is 6.21. The summed E-state index contributed by atoms with van der Waals surface area (Å²) in [4.78, 5) is 25.9. The molecule has 0 saturated carbocycles. The molecule has 26 heavy (non-hydrogen) atoms. The van der Waals surface area contributed by atoms with Crippen molar-refractivity contribution in [2.24, 2.45) is 0 Å². The maximum Gasteiger partial charge on any atom is 0.261 e. The van der Waals surface area contributed by atoms with E-state index in [2.05, 4.69) is 10.4 Å². The molecule has 1 aromatic heterocycles. The summed E-state index contributed by atoms with van der Waals surface area (Å²) in [5.74, 6) is -0.412. The number of benzene rings is 2. The molecule has 0 aliphatic carbocycles. The molecule has 2 aromatic carbocycles. The number of rotatable bonds is 6. The SMILES string of the molecule is O=C1c2ccccc2C(=O)N1CCCNc1cnn(-c2ccccc2)c1. The van der Waals surface area contributed by atoms with E-state index in [-0.39, 0.29) is 11.8 Å². The second kappa shape index (κ2) is 6.84. The van der Waals surface area contributed by atoms with Gasteiger partial charge in [-0.1, -0.05) is 30.3 Å². The monoisotopic (exact) mass is 346 g/mol. The van der Waals surface area contributed by atoms with Crippen LogP contribution in [0.3, 0.4) is 0 Å². The van der Waals surface area contributed by atoms with E-state index in [1.54, 1.807) is 35.1 Å². The summed E-state index contributed by atoms with van der Waals surface area (Å²) in [6.07, 6.45) is 4.34. The molecule has 0 bridgehead atoms. The van der Waals surface area contributed by atoms with Gasteiger partial charge in [-0.05, 0) is 30.7 Å². The van der Waals surface area contributed by atoms with Crippen LogP contribution in [0.4, 0.5) is 5.69 Å². The van der Waals surface area contributed by atoms with Crippen LogP contribution in [0.5, 0.6) is 0 Å². The number of imide groups is 1. The zero-order valence-electron chi connectivity index (χ0n) is 14.1. The molecule has 4 rings (SSSR count). The molecule has 1 aliphatic rings. The lowest BCUT2D eigenvalue weighted by molar-refractivity contribution is 0.0654. The molecule has 0 fully saturated rings. The van der Waals surface area contributed by atoms with Gasteiger partial charge in [-0.2, -0.15) is 5.10 Å². The molecule has 0 radical (unpaired) electrons. The third-order valence-corrected chi connectivity index (χ3v) is 4.37. The van der Waals surface area contributed by atoms with Crippen molar-refractivity contribution >= 4 is 17.5 Å². The number of anilines is 1. The van der Waals surface area contributed by atoms with E-state index in [1.165, 1.54) is 4.90 Å². The van der Waals surface area contributed by atoms with Gasteiger partial charge < -0.3 is 5.32 Å². The van der Waals surface area contributed by atoms with Crippen molar-refractivity contribution in [2.75, 3.05) is 18.4 Å². The van der Waals surface area contributed by atoms with Crippen LogP contribution in [0, 0.1) is 0 Å². The second-order valence-corrected chi connectivity index (χ2v) is 6.10. The Balaban J connectivity index is 1.31. The lowest BCUT2D eigenvalue weighted by Crippen LogP contribution is -2.31. The fourth-order valence-electron chi connectivity index (χ4n) is 3.05. The molecule has 3 aromatic rings. The Morgan fingerprint density at radius 3 is 2.23 bits per heavy atom. The van der Waals surface area contributed by atoms with Crippen molar-refractivity contribution in [2.45, 2.75) is 6.42 Å². The van der Waals surface area contributed by atoms with Gasteiger partial charge in [0.05, 0.1) is 34.9 Å². The third-order valence-electron chi connectivity index (χ3n) is 4.37. The van der Waals surface area contributed by atoms with Crippen LogP contribution >= 0.6 is 0 Å². The first kappa shape index (κ1) is 16.1. The number of amides is 2. The predicted octanol–water partition coefficient (Wildman–Crippen LogP) is 2.97. The molecule has 130 valence electrons. The number of para-hydroxylation sites is 1. The minimum absolute atomic E-state index is 0.206. The van der Waals surface area contributed by atoms with Gasteiger partial charge in [0.2, 0.25) is 0 Å². The van der Waals surface area contributed by atoms with E-state index in [0.717, 1.165) is 11.4 Å². The van der Waals surface area contributed by atoms with Gasteiger partial charge in [-0.25, -0.2) is 4.68 Å². The summed E-state index contributed by atoms with van der Waals surface area (Å²) in [6.45, 7) is 1.04. The summed E-state index contributed by atoms with van der Waals surface area (Å²) in [5, 5.41) is 7.61. The number of fused-ring (bicyclic) bond motifs is 1. The van der Waals surface area contributed by atoms with Crippen molar-refractivity contribution in [1.29, 1.82) is 0 Å². The molecule has 6 heteroatoms. The van der Waals surface area contributed by atoms with E-state index < -0.39 is 0 Å². The number of carbonyl (C=O) groups is 2. The number of hydrogen-bond donors (Lipinski definition) is 1. The molecule has 0 saturated heterocycles. The third kappa shape index (κ3) is 2.97. The Kier molecular flexibility index (Phi) is 4.23. The predicted molar refractivity (Wildman–Crippen MR) is 98.5 cm³/mol. The zero-order chi connectivity index (χ0) is 17.9. The van der Waals surface area contributed by atoms with E-state index in [9.17, 15) is 9.59 Å². The van der Waals surface area contributed by atoms with E-state index in [0.29, 0.717) is 30.6 Å². The smallest absolute Gasteiger partial charge is 0.261 e. The van der Waals surface area contributed by atoms with Gasteiger partial charge in [0, 0.05) is 13.1 Å². The van der Waals surface area contributed by atoms with Crippen molar-refractivity contribution < 1.29 is 9.59 Å². The minimum atomic E-state index is -0.206. The largest absolute Gasteiger partial charge is 0.382 e. The summed E-state index contributed by atoms with van der Waals surface area (Å²) in [5.41, 5.74) is 2.88. The highest BCUT2D eigenvalue weighted by atomic mass is 16.2. The van der Waals surface area contributed by atoms with Crippen LogP contribution in [0.15, 0.2) is 67.0 Å². The lowest BCUT2D eigenvalue weighted by Gasteiger charge is -2.13. The van der Waals surface area contributed by atoms with Crippen LogP contribution in [0.1, 0.15) is 27.1 Å². The van der Waals surface area contributed by atoms with E-state index >= 15 is 0 Å². The van der Waals surface area contributed by atoms with Gasteiger partial charge >= 0.3 is 0 Å². The summed E-state index contributed by atoms with van der Waals surface area (Å²) in [7, 11) is 0. The van der Waals surface area contributed by atoms with Gasteiger partial charge in [0.1, 0.15) is 0 Å². The number of aromatic nitrogens is 2. The summed E-state index contributed by atoms with van der Waals surface area (Å²) in [6, 6.07) is 16.8. The van der Waals surface area contributed by atoms with Crippen LogP contribution in [0.2, 0.25) is 0 Å². The fraction of sp³-hybridized carbons (Fsp3) is 0.150. The Bertz CT molecular complexity index is 914. The molecule has 6 nitrogen and oxygen atoms in total. The molecule has 0 spiro atoms. The molecular weight excluding hydrogens is 328 g/mol. The number of hydrogen-bond acceptors (Lipinski definition) is 4. The van der Waals surface area contributed by atoms with Crippen molar-refractivity contribution in [3.05, 3.63) is 78.1 Å².